The third kappa shape index (κ3) is 6.27. The number of nitrogens with one attached hydrogen (secondary N) is 2. The van der Waals surface area contributed by atoms with Gasteiger partial charge in [0.2, 0.25) is 0 Å². The van der Waals surface area contributed by atoms with E-state index in [4.69, 9.17) is 22.1 Å². The summed E-state index contributed by atoms with van der Waals surface area (Å²) in [5.74, 6) is 0.538. The minimum absolute atomic E-state index is 0.117. The molecule has 1 aliphatic carbocycles. The number of allylic oxidation sites excluding steroid dienone is 1. The maximum Gasteiger partial charge on any atom is 0.312 e. The van der Waals surface area contributed by atoms with Crippen LogP contribution in [0.15, 0.2) is 65.6 Å². The molecular weight excluding hydrogens is 452 g/mol. The normalized spacial score (nSPS) is 12.6. The highest BCUT2D eigenvalue weighted by Gasteiger charge is 2.14. The van der Waals surface area contributed by atoms with Crippen LogP contribution in [-0.2, 0) is 19.6 Å². The van der Waals surface area contributed by atoms with E-state index >= 15 is 0 Å². The molecule has 0 radical (unpaired) electrons. The molecule has 1 aliphatic rings. The van der Waals surface area contributed by atoms with Gasteiger partial charge in [0.05, 0.1) is 0 Å². The number of ether oxygens (including phenoxy) is 1. The Morgan fingerprint density at radius 1 is 1.03 bits per heavy atom. The monoisotopic (exact) mass is 478 g/mol. The highest BCUT2D eigenvalue weighted by molar-refractivity contribution is 6.30. The number of benzene rings is 2. The predicted molar refractivity (Wildman–Crippen MR) is 135 cm³/mol. The zero-order valence-corrected chi connectivity index (χ0v) is 19.5. The Labute approximate surface area is 203 Å². The molecule has 0 saturated heterocycles. The molecule has 34 heavy (non-hydrogen) atoms. The summed E-state index contributed by atoms with van der Waals surface area (Å²) in [7, 11) is 0. The zero-order chi connectivity index (χ0) is 23.9. The van der Waals surface area contributed by atoms with Gasteiger partial charge in [0.1, 0.15) is 12.4 Å². The summed E-state index contributed by atoms with van der Waals surface area (Å²) in [6.07, 6.45) is 5.48. The van der Waals surface area contributed by atoms with Crippen LogP contribution in [0, 0.1) is 0 Å². The third-order valence-corrected chi connectivity index (χ3v) is 5.88. The summed E-state index contributed by atoms with van der Waals surface area (Å²) < 4.78 is 7.45. The number of aromatic nitrogens is 1. The number of halogens is 1. The lowest BCUT2D eigenvalue weighted by Gasteiger charge is -2.19. The maximum absolute atomic E-state index is 12.8. The van der Waals surface area contributed by atoms with Crippen molar-refractivity contribution < 1.29 is 9.53 Å². The molecule has 0 fully saturated rings. The Balaban J connectivity index is 1.38. The second-order valence-corrected chi connectivity index (χ2v) is 8.56. The van der Waals surface area contributed by atoms with Crippen molar-refractivity contribution in [3.05, 3.63) is 98.4 Å². The van der Waals surface area contributed by atoms with Crippen LogP contribution in [-0.4, -0.2) is 23.7 Å². The van der Waals surface area contributed by atoms with E-state index in [1.54, 1.807) is 10.8 Å². The van der Waals surface area contributed by atoms with E-state index < -0.39 is 6.03 Å². The van der Waals surface area contributed by atoms with Crippen LogP contribution < -0.4 is 26.7 Å². The fourth-order valence-corrected chi connectivity index (χ4v) is 4.00. The fourth-order valence-electron chi connectivity index (χ4n) is 3.87. The van der Waals surface area contributed by atoms with E-state index in [2.05, 4.69) is 34.9 Å². The molecule has 0 unspecified atom stereocenters. The second kappa shape index (κ2) is 11.0. The lowest BCUT2D eigenvalue weighted by molar-refractivity contribution is 0.249. The lowest BCUT2D eigenvalue weighted by atomic mass is 9.93. The number of aryl methyl sites for hydroxylation is 1. The van der Waals surface area contributed by atoms with Gasteiger partial charge in [-0.25, -0.2) is 4.79 Å². The van der Waals surface area contributed by atoms with E-state index in [1.165, 1.54) is 17.2 Å². The standard InChI is InChI=1S/C26H27ClN4O3/c27-22-6-2-18(3-7-22)17-34-24-9-12-31(25(32)15-24)23-8-5-20-13-19(1-4-21(20)14-23)16-29-10-11-30-26(28)33/h1-4,6-7,9,12-15,29H,5,8,10-11,16-17H2,(H3,28,30,33). The summed E-state index contributed by atoms with van der Waals surface area (Å²) in [5, 5.41) is 6.52. The van der Waals surface area contributed by atoms with Gasteiger partial charge in [0.25, 0.3) is 5.56 Å². The number of hydrogen-bond donors (Lipinski definition) is 3. The molecular formula is C26H27ClN4O3. The Bertz CT molecular complexity index is 1250. The summed E-state index contributed by atoms with van der Waals surface area (Å²) in [6.45, 7) is 2.22. The van der Waals surface area contributed by atoms with Crippen molar-refractivity contribution in [1.29, 1.82) is 0 Å². The highest BCUT2D eigenvalue weighted by atomic mass is 35.5. The van der Waals surface area contributed by atoms with Gasteiger partial charge in [-0.2, -0.15) is 0 Å². The molecule has 4 rings (SSSR count). The van der Waals surface area contributed by atoms with Gasteiger partial charge in [-0.3, -0.25) is 9.36 Å². The Kier molecular flexibility index (Phi) is 7.67. The predicted octanol–water partition coefficient (Wildman–Crippen LogP) is 3.78. The molecule has 176 valence electrons. The molecule has 2 aromatic carbocycles. The van der Waals surface area contributed by atoms with Gasteiger partial charge in [-0.1, -0.05) is 41.9 Å². The smallest absolute Gasteiger partial charge is 0.312 e. The first-order chi connectivity index (χ1) is 16.5. The average Bonchev–Trinajstić information content (AvgIpc) is 2.83. The largest absolute Gasteiger partial charge is 0.489 e. The van der Waals surface area contributed by atoms with Gasteiger partial charge in [-0.05, 0) is 59.4 Å². The van der Waals surface area contributed by atoms with E-state index in [9.17, 15) is 9.59 Å². The number of hydrogen-bond acceptors (Lipinski definition) is 4. The number of fused-ring (bicyclic) bond motifs is 1. The number of urea groups is 1. The van der Waals surface area contributed by atoms with Crippen LogP contribution in [0.4, 0.5) is 4.79 Å². The number of amides is 2. The highest BCUT2D eigenvalue weighted by Crippen LogP contribution is 2.27. The number of carbonyl (C=O) groups excluding carboxylic acids is 1. The maximum atomic E-state index is 12.8. The fraction of sp³-hybridized carbons (Fsp3) is 0.231. The third-order valence-electron chi connectivity index (χ3n) is 5.63. The van der Waals surface area contributed by atoms with Gasteiger partial charge in [0, 0.05) is 42.6 Å². The first-order valence-corrected chi connectivity index (χ1v) is 11.5. The number of rotatable bonds is 9. The van der Waals surface area contributed by atoms with Crippen molar-refractivity contribution in [3.8, 4) is 5.75 Å². The summed E-state index contributed by atoms with van der Waals surface area (Å²) >= 11 is 5.91. The molecule has 0 atom stereocenters. The Hall–Kier alpha value is -3.55. The summed E-state index contributed by atoms with van der Waals surface area (Å²) in [5.41, 5.74) is 10.4. The lowest BCUT2D eigenvalue weighted by Crippen LogP contribution is -2.35. The minimum Gasteiger partial charge on any atom is -0.489 e. The zero-order valence-electron chi connectivity index (χ0n) is 18.7. The molecule has 0 aliphatic heterocycles. The van der Waals surface area contributed by atoms with E-state index in [0.717, 1.165) is 29.7 Å². The first-order valence-electron chi connectivity index (χ1n) is 11.1. The average molecular weight is 479 g/mol. The molecule has 4 N–H and O–H groups in total. The number of nitrogens with two attached hydrogens (primary N) is 1. The van der Waals surface area contributed by atoms with Crippen molar-refractivity contribution in [3.63, 3.8) is 0 Å². The summed E-state index contributed by atoms with van der Waals surface area (Å²) in [6, 6.07) is 16.6. The van der Waals surface area contributed by atoms with Crippen LogP contribution in [0.25, 0.3) is 11.8 Å². The quantitative estimate of drug-likeness (QED) is 0.407. The van der Waals surface area contributed by atoms with Crippen LogP contribution in [0.5, 0.6) is 5.75 Å². The minimum atomic E-state index is -0.516. The van der Waals surface area contributed by atoms with E-state index in [1.807, 2.05) is 30.3 Å². The van der Waals surface area contributed by atoms with Crippen molar-refractivity contribution in [1.82, 2.24) is 15.2 Å². The van der Waals surface area contributed by atoms with Gasteiger partial charge in [0.15, 0.2) is 0 Å². The molecule has 1 aromatic heterocycles. The molecule has 2 amide bonds. The van der Waals surface area contributed by atoms with Gasteiger partial charge in [-0.15, -0.1) is 0 Å². The number of nitrogens with zero attached hydrogens (tertiary/aromatic N) is 1. The topological polar surface area (TPSA) is 98.4 Å². The van der Waals surface area contributed by atoms with Crippen molar-refractivity contribution >= 4 is 29.4 Å². The molecule has 0 saturated carbocycles. The Morgan fingerprint density at radius 3 is 2.59 bits per heavy atom. The van der Waals surface area contributed by atoms with Crippen molar-refractivity contribution in [2.24, 2.45) is 5.73 Å². The molecule has 8 heteroatoms. The molecule has 1 heterocycles. The second-order valence-electron chi connectivity index (χ2n) is 8.12. The van der Waals surface area contributed by atoms with Crippen LogP contribution >= 0.6 is 11.6 Å². The SMILES string of the molecule is NC(=O)NCCNCc1ccc2c(c1)CCC(n1ccc(OCc3ccc(Cl)cc3)cc1=O)=C2. The van der Waals surface area contributed by atoms with E-state index in [0.29, 0.717) is 37.0 Å². The number of primary amides is 1. The Morgan fingerprint density at radius 2 is 1.82 bits per heavy atom. The van der Waals surface area contributed by atoms with Gasteiger partial charge >= 0.3 is 6.03 Å². The summed E-state index contributed by atoms with van der Waals surface area (Å²) in [4.78, 5) is 23.5. The molecule has 0 spiro atoms. The van der Waals surface area contributed by atoms with Crippen LogP contribution in [0.2, 0.25) is 5.02 Å². The van der Waals surface area contributed by atoms with E-state index in [-0.39, 0.29) is 5.56 Å². The van der Waals surface area contributed by atoms with Gasteiger partial charge < -0.3 is 21.1 Å². The number of carbonyl (C=O) groups is 1. The van der Waals surface area contributed by atoms with Crippen molar-refractivity contribution in [2.45, 2.75) is 26.0 Å². The molecule has 0 bridgehead atoms. The van der Waals surface area contributed by atoms with Crippen molar-refractivity contribution in [2.75, 3.05) is 13.1 Å². The molecule has 3 aromatic rings. The van der Waals surface area contributed by atoms with Crippen LogP contribution in [0.1, 0.15) is 28.7 Å². The van der Waals surface area contributed by atoms with Crippen LogP contribution in [0.3, 0.4) is 0 Å². The molecule has 7 nitrogen and oxygen atoms in total. The first kappa shape index (κ1) is 23.6. The number of pyridine rings is 1.